The molecule has 0 saturated carbocycles. The molecule has 5 heteroatoms. The number of carbonyl (C=O) groups excluding carboxylic acids is 1. The van der Waals surface area contributed by atoms with Crippen LogP contribution < -0.4 is 5.32 Å². The maximum atomic E-state index is 12.6. The zero-order chi connectivity index (χ0) is 14.3. The molecule has 0 atom stereocenters. The van der Waals surface area contributed by atoms with Gasteiger partial charge in [0, 0.05) is 17.8 Å². The number of unbranched alkanes of at least 4 members (excludes halogenated alkanes) is 3. The van der Waals surface area contributed by atoms with Crippen LogP contribution in [0.2, 0.25) is 0 Å². The van der Waals surface area contributed by atoms with Crippen LogP contribution in [-0.4, -0.2) is 12.8 Å². The Bertz CT molecular complexity index is 416. The summed E-state index contributed by atoms with van der Waals surface area (Å²) < 4.78 is 37.7. The molecule has 19 heavy (non-hydrogen) atoms. The quantitative estimate of drug-likeness (QED) is 0.585. The van der Waals surface area contributed by atoms with Crippen LogP contribution in [0, 0.1) is 0 Å². The molecule has 0 bridgehead atoms. The van der Waals surface area contributed by atoms with E-state index in [1.807, 2.05) is 0 Å². The first-order valence-corrected chi connectivity index (χ1v) is 6.39. The van der Waals surface area contributed by atoms with Gasteiger partial charge in [0.2, 0.25) is 0 Å². The van der Waals surface area contributed by atoms with E-state index in [2.05, 4.69) is 12.2 Å². The number of aldehydes is 1. The minimum Gasteiger partial charge on any atom is -0.385 e. The fourth-order valence-electron chi connectivity index (χ4n) is 1.81. The second-order valence-electron chi connectivity index (χ2n) is 4.41. The van der Waals surface area contributed by atoms with E-state index in [0.29, 0.717) is 12.2 Å². The van der Waals surface area contributed by atoms with Gasteiger partial charge in [-0.25, -0.2) is 0 Å². The third kappa shape index (κ3) is 4.93. The number of hydrogen-bond acceptors (Lipinski definition) is 2. The van der Waals surface area contributed by atoms with Gasteiger partial charge >= 0.3 is 6.18 Å². The number of nitrogens with one attached hydrogen (secondary N) is 1. The molecule has 0 aliphatic rings. The van der Waals surface area contributed by atoms with Crippen LogP contribution in [0.1, 0.15) is 48.5 Å². The summed E-state index contributed by atoms with van der Waals surface area (Å²) in [6, 6.07) is 3.55. The third-order valence-electron chi connectivity index (χ3n) is 2.84. The Labute approximate surface area is 111 Å². The van der Waals surface area contributed by atoms with Gasteiger partial charge in [-0.2, -0.15) is 13.2 Å². The van der Waals surface area contributed by atoms with Gasteiger partial charge in [0.1, 0.15) is 0 Å². The molecule has 0 spiro atoms. The largest absolute Gasteiger partial charge is 0.417 e. The zero-order valence-electron chi connectivity index (χ0n) is 10.9. The minimum atomic E-state index is -4.49. The van der Waals surface area contributed by atoms with Gasteiger partial charge in [-0.3, -0.25) is 4.79 Å². The lowest BCUT2D eigenvalue weighted by Gasteiger charge is -2.12. The molecule has 0 fully saturated rings. The van der Waals surface area contributed by atoms with Gasteiger partial charge in [-0.1, -0.05) is 26.2 Å². The highest BCUT2D eigenvalue weighted by Crippen LogP contribution is 2.32. The van der Waals surface area contributed by atoms with Crippen molar-refractivity contribution < 1.29 is 18.0 Å². The molecular formula is C14H18F3NO. The standard InChI is InChI=1S/C14H18F3NO/c1-2-3-4-5-8-18-12-6-7-13(14(15,16)17)11(9-12)10-19/h6-7,9-10,18H,2-5,8H2,1H3. The zero-order valence-corrected chi connectivity index (χ0v) is 10.9. The van der Waals surface area contributed by atoms with E-state index in [-0.39, 0.29) is 11.8 Å². The van der Waals surface area contributed by atoms with Crippen molar-refractivity contribution in [3.63, 3.8) is 0 Å². The average molecular weight is 273 g/mol. The molecule has 1 N–H and O–H groups in total. The highest BCUT2D eigenvalue weighted by atomic mass is 19.4. The molecule has 0 heterocycles. The predicted molar refractivity (Wildman–Crippen MR) is 69.5 cm³/mol. The van der Waals surface area contributed by atoms with E-state index in [9.17, 15) is 18.0 Å². The van der Waals surface area contributed by atoms with Crippen molar-refractivity contribution in [2.45, 2.75) is 38.8 Å². The van der Waals surface area contributed by atoms with Crippen molar-refractivity contribution in [2.24, 2.45) is 0 Å². The molecular weight excluding hydrogens is 255 g/mol. The highest BCUT2D eigenvalue weighted by Gasteiger charge is 2.33. The second-order valence-corrected chi connectivity index (χ2v) is 4.41. The fraction of sp³-hybridized carbons (Fsp3) is 0.500. The number of rotatable bonds is 7. The Morgan fingerprint density at radius 2 is 1.95 bits per heavy atom. The molecule has 1 rings (SSSR count). The monoisotopic (exact) mass is 273 g/mol. The summed E-state index contributed by atoms with van der Waals surface area (Å²) in [6.45, 7) is 2.81. The van der Waals surface area contributed by atoms with Crippen molar-refractivity contribution in [1.82, 2.24) is 0 Å². The van der Waals surface area contributed by atoms with Gasteiger partial charge in [-0.15, -0.1) is 0 Å². The van der Waals surface area contributed by atoms with Crippen molar-refractivity contribution in [1.29, 1.82) is 0 Å². The van der Waals surface area contributed by atoms with E-state index < -0.39 is 11.7 Å². The van der Waals surface area contributed by atoms with Crippen LogP contribution >= 0.6 is 0 Å². The molecule has 0 unspecified atom stereocenters. The molecule has 1 aromatic carbocycles. The van der Waals surface area contributed by atoms with E-state index in [4.69, 9.17) is 0 Å². The number of halogens is 3. The summed E-state index contributed by atoms with van der Waals surface area (Å²) in [5.74, 6) is 0. The van der Waals surface area contributed by atoms with Crippen LogP contribution in [0.3, 0.4) is 0 Å². The van der Waals surface area contributed by atoms with Crippen molar-refractivity contribution in [3.8, 4) is 0 Å². The molecule has 1 aromatic rings. The molecule has 0 radical (unpaired) electrons. The first-order valence-electron chi connectivity index (χ1n) is 6.39. The maximum Gasteiger partial charge on any atom is 0.417 e. The van der Waals surface area contributed by atoms with Gasteiger partial charge < -0.3 is 5.32 Å². The lowest BCUT2D eigenvalue weighted by atomic mass is 10.1. The van der Waals surface area contributed by atoms with E-state index in [0.717, 1.165) is 31.7 Å². The highest BCUT2D eigenvalue weighted by molar-refractivity contribution is 5.79. The summed E-state index contributed by atoms with van der Waals surface area (Å²) in [4.78, 5) is 10.7. The average Bonchev–Trinajstić information content (AvgIpc) is 2.37. The van der Waals surface area contributed by atoms with Crippen molar-refractivity contribution in [3.05, 3.63) is 29.3 Å². The normalized spacial score (nSPS) is 11.4. The summed E-state index contributed by atoms with van der Waals surface area (Å²) in [7, 11) is 0. The second kappa shape index (κ2) is 7.16. The molecule has 2 nitrogen and oxygen atoms in total. The smallest absolute Gasteiger partial charge is 0.385 e. The van der Waals surface area contributed by atoms with Gasteiger partial charge in [0.25, 0.3) is 0 Å². The lowest BCUT2D eigenvalue weighted by molar-refractivity contribution is -0.137. The Kier molecular flexibility index (Phi) is 5.86. The summed E-state index contributed by atoms with van der Waals surface area (Å²) in [5.41, 5.74) is -0.670. The Balaban J connectivity index is 2.65. The fourth-order valence-corrected chi connectivity index (χ4v) is 1.81. The molecule has 0 aliphatic heterocycles. The van der Waals surface area contributed by atoms with Crippen molar-refractivity contribution in [2.75, 3.05) is 11.9 Å². The van der Waals surface area contributed by atoms with Crippen molar-refractivity contribution >= 4 is 12.0 Å². The topological polar surface area (TPSA) is 29.1 Å². The first-order chi connectivity index (χ1) is 8.99. The van der Waals surface area contributed by atoms with E-state index in [1.54, 1.807) is 0 Å². The summed E-state index contributed by atoms with van der Waals surface area (Å²) in [5, 5.41) is 3.03. The summed E-state index contributed by atoms with van der Waals surface area (Å²) >= 11 is 0. The predicted octanol–water partition coefficient (Wildman–Crippen LogP) is 4.51. The Morgan fingerprint density at radius 1 is 1.21 bits per heavy atom. The number of hydrogen-bond donors (Lipinski definition) is 1. The third-order valence-corrected chi connectivity index (χ3v) is 2.84. The Hall–Kier alpha value is -1.52. The first kappa shape index (κ1) is 15.5. The lowest BCUT2D eigenvalue weighted by Crippen LogP contribution is -2.10. The maximum absolute atomic E-state index is 12.6. The molecule has 0 saturated heterocycles. The van der Waals surface area contributed by atoms with E-state index in [1.165, 1.54) is 12.1 Å². The van der Waals surface area contributed by atoms with Crippen LogP contribution in [0.15, 0.2) is 18.2 Å². The van der Waals surface area contributed by atoms with Crippen LogP contribution in [0.5, 0.6) is 0 Å². The van der Waals surface area contributed by atoms with Gasteiger partial charge in [0.05, 0.1) is 5.56 Å². The Morgan fingerprint density at radius 3 is 2.53 bits per heavy atom. The molecule has 0 amide bonds. The summed E-state index contributed by atoms with van der Waals surface area (Å²) in [6.07, 6.45) is 0.0841. The molecule has 0 aromatic heterocycles. The molecule has 0 aliphatic carbocycles. The SMILES string of the molecule is CCCCCCNc1ccc(C(F)(F)F)c(C=O)c1. The van der Waals surface area contributed by atoms with Gasteiger partial charge in [-0.05, 0) is 24.6 Å². The number of alkyl halides is 3. The van der Waals surface area contributed by atoms with Crippen LogP contribution in [0.25, 0.3) is 0 Å². The molecule has 106 valence electrons. The van der Waals surface area contributed by atoms with Crippen LogP contribution in [0.4, 0.5) is 18.9 Å². The number of benzene rings is 1. The van der Waals surface area contributed by atoms with E-state index >= 15 is 0 Å². The van der Waals surface area contributed by atoms with Gasteiger partial charge in [0.15, 0.2) is 6.29 Å². The van der Waals surface area contributed by atoms with Crippen LogP contribution in [-0.2, 0) is 6.18 Å². The number of carbonyl (C=O) groups is 1. The minimum absolute atomic E-state index is 0.241. The number of anilines is 1.